The summed E-state index contributed by atoms with van der Waals surface area (Å²) in [5.41, 5.74) is 1.42. The topological polar surface area (TPSA) is 114 Å². The monoisotopic (exact) mass is 532 g/mol. The fourth-order valence-electron chi connectivity index (χ4n) is 3.98. The molecule has 0 spiro atoms. The van der Waals surface area contributed by atoms with Crippen LogP contribution in [0.25, 0.3) is 5.69 Å². The summed E-state index contributed by atoms with van der Waals surface area (Å²) in [6.45, 7) is 6.36. The second kappa shape index (κ2) is 11.4. The summed E-state index contributed by atoms with van der Waals surface area (Å²) in [6, 6.07) is 11.4. The fourth-order valence-corrected chi connectivity index (χ4v) is 5.29. The van der Waals surface area contributed by atoms with Crippen molar-refractivity contribution in [3.63, 3.8) is 0 Å². The summed E-state index contributed by atoms with van der Waals surface area (Å²) in [5, 5.41) is 24.2. The Morgan fingerprint density at radius 3 is 2.53 bits per heavy atom. The van der Waals surface area contributed by atoms with Crippen LogP contribution >= 0.6 is 11.6 Å². The van der Waals surface area contributed by atoms with Crippen LogP contribution in [0.4, 0.5) is 5.69 Å². The van der Waals surface area contributed by atoms with E-state index in [1.165, 1.54) is 16.8 Å². The van der Waals surface area contributed by atoms with Gasteiger partial charge < -0.3 is 24.4 Å². The highest BCUT2D eigenvalue weighted by atomic mass is 35.5. The van der Waals surface area contributed by atoms with E-state index in [1.807, 2.05) is 23.1 Å². The smallest absolute Gasteiger partial charge is 0.316 e. The second-order valence-electron chi connectivity index (χ2n) is 8.72. The van der Waals surface area contributed by atoms with Gasteiger partial charge in [0.2, 0.25) is 5.75 Å². The van der Waals surface area contributed by atoms with Gasteiger partial charge in [-0.25, -0.2) is 0 Å². The zero-order chi connectivity index (χ0) is 25.8. The molecule has 4 rings (SSSR count). The fraction of sp³-hybridized carbons (Fsp3) is 0.360. The van der Waals surface area contributed by atoms with Crippen LogP contribution in [0.15, 0.2) is 53.5 Å². The number of piperazine rings is 1. The summed E-state index contributed by atoms with van der Waals surface area (Å²) in [6.07, 6.45) is 2.02. The quantitative estimate of drug-likeness (QED) is 0.336. The number of hydrogen-bond acceptors (Lipinski definition) is 8. The first-order valence-corrected chi connectivity index (χ1v) is 13.2. The van der Waals surface area contributed by atoms with E-state index in [9.17, 15) is 19.6 Å². The molecular weight excluding hydrogens is 504 g/mol. The normalized spacial score (nSPS) is 15.3. The van der Waals surface area contributed by atoms with E-state index in [0.717, 1.165) is 5.56 Å². The van der Waals surface area contributed by atoms with Gasteiger partial charge in [0.25, 0.3) is 0 Å². The Labute approximate surface area is 217 Å². The summed E-state index contributed by atoms with van der Waals surface area (Å²) >= 11 is 5.07. The molecule has 2 N–H and O–H groups in total. The summed E-state index contributed by atoms with van der Waals surface area (Å²) in [4.78, 5) is 15.5. The van der Waals surface area contributed by atoms with Crippen LogP contribution in [0.2, 0.25) is 5.02 Å². The number of phenolic OH excluding ortho intramolecular Hbond substituents is 2. The third-order valence-electron chi connectivity index (χ3n) is 5.88. The molecule has 0 radical (unpaired) electrons. The van der Waals surface area contributed by atoms with Crippen molar-refractivity contribution in [2.24, 2.45) is 0 Å². The number of rotatable bonds is 8. The number of aromatic hydroxyl groups is 2. The lowest BCUT2D eigenvalue weighted by molar-refractivity contribution is 0.312. The lowest BCUT2D eigenvalue weighted by atomic mass is 10.1. The Morgan fingerprint density at radius 1 is 1.11 bits per heavy atom. The lowest BCUT2D eigenvalue weighted by Crippen LogP contribution is -2.50. The molecule has 1 aliphatic rings. The molecule has 2 aromatic carbocycles. The van der Waals surface area contributed by atoms with Crippen molar-refractivity contribution in [2.45, 2.75) is 25.5 Å². The van der Waals surface area contributed by atoms with Gasteiger partial charge in [0, 0.05) is 35.9 Å². The first-order valence-electron chi connectivity index (χ1n) is 11.7. The molecule has 1 atom stereocenters. The molecule has 9 nitrogen and oxygen atoms in total. The SMILES string of the molecule is CC(C)[S+]([O-])N1CCN(c2cnn(-c3cccc(Cl)c3)c(=O)c2OCCc2ccc(O)c(O)c2)CC1. The highest BCUT2D eigenvalue weighted by Crippen LogP contribution is 2.28. The van der Waals surface area contributed by atoms with Crippen molar-refractivity contribution in [3.8, 4) is 22.9 Å². The predicted molar refractivity (Wildman–Crippen MR) is 141 cm³/mol. The molecule has 0 aliphatic carbocycles. The number of hydrogen-bond donors (Lipinski definition) is 2. The van der Waals surface area contributed by atoms with E-state index in [4.69, 9.17) is 16.3 Å². The Kier molecular flexibility index (Phi) is 8.30. The molecule has 2 heterocycles. The van der Waals surface area contributed by atoms with Gasteiger partial charge in [-0.05, 0) is 49.7 Å². The molecule has 3 aromatic rings. The van der Waals surface area contributed by atoms with E-state index >= 15 is 0 Å². The van der Waals surface area contributed by atoms with Gasteiger partial charge in [0.15, 0.2) is 11.5 Å². The average molecular weight is 533 g/mol. The molecule has 0 amide bonds. The Balaban J connectivity index is 1.60. The maximum atomic E-state index is 13.5. The van der Waals surface area contributed by atoms with Crippen LogP contribution in [0.1, 0.15) is 19.4 Å². The van der Waals surface area contributed by atoms with Crippen LogP contribution in [-0.2, 0) is 17.8 Å². The van der Waals surface area contributed by atoms with Crippen LogP contribution in [-0.4, -0.2) is 66.9 Å². The van der Waals surface area contributed by atoms with Crippen LogP contribution in [0, 0.1) is 0 Å². The van der Waals surface area contributed by atoms with Crippen LogP contribution < -0.4 is 15.2 Å². The van der Waals surface area contributed by atoms with Gasteiger partial charge in [-0.2, -0.15) is 9.78 Å². The number of phenols is 2. The third kappa shape index (κ3) is 5.89. The molecule has 1 unspecified atom stereocenters. The Morgan fingerprint density at radius 2 is 1.86 bits per heavy atom. The summed E-state index contributed by atoms with van der Waals surface area (Å²) < 4.78 is 21.7. The van der Waals surface area contributed by atoms with Gasteiger partial charge in [-0.3, -0.25) is 4.79 Å². The number of halogens is 1. The highest BCUT2D eigenvalue weighted by Gasteiger charge is 2.30. The minimum absolute atomic E-state index is 0.0399. The average Bonchev–Trinajstić information content (AvgIpc) is 2.86. The second-order valence-corrected chi connectivity index (χ2v) is 11.2. The van der Waals surface area contributed by atoms with Crippen molar-refractivity contribution in [3.05, 3.63) is 69.6 Å². The zero-order valence-electron chi connectivity index (χ0n) is 20.1. The molecule has 0 bridgehead atoms. The van der Waals surface area contributed by atoms with Gasteiger partial charge in [0.05, 0.1) is 31.6 Å². The van der Waals surface area contributed by atoms with E-state index in [2.05, 4.69) is 5.10 Å². The van der Waals surface area contributed by atoms with Crippen molar-refractivity contribution in [1.29, 1.82) is 0 Å². The molecule has 1 aromatic heterocycles. The Hall–Kier alpha value is -2.92. The number of aromatic nitrogens is 2. The number of ether oxygens (including phenoxy) is 1. The van der Waals surface area contributed by atoms with Gasteiger partial charge in [-0.15, -0.1) is 4.31 Å². The van der Waals surface area contributed by atoms with Gasteiger partial charge in [0.1, 0.15) is 10.9 Å². The molecule has 11 heteroatoms. The summed E-state index contributed by atoms with van der Waals surface area (Å²) in [5.74, 6) is -0.249. The minimum atomic E-state index is -1.06. The molecule has 36 heavy (non-hydrogen) atoms. The molecule has 1 fully saturated rings. The van der Waals surface area contributed by atoms with Crippen molar-refractivity contribution in [2.75, 3.05) is 37.7 Å². The minimum Gasteiger partial charge on any atom is -0.598 e. The number of anilines is 1. The number of benzene rings is 2. The lowest BCUT2D eigenvalue weighted by Gasteiger charge is -2.36. The summed E-state index contributed by atoms with van der Waals surface area (Å²) in [7, 11) is 0. The molecule has 192 valence electrons. The number of nitrogens with zero attached hydrogens (tertiary/aromatic N) is 4. The molecule has 0 saturated carbocycles. The molecule has 1 saturated heterocycles. The first kappa shape index (κ1) is 26.2. The maximum Gasteiger partial charge on any atom is 0.316 e. The standard InChI is InChI=1S/C25H29ClN4O5S/c1-17(2)36(34)29-11-9-28(10-12-29)21-16-27-30(20-5-3-4-19(26)15-20)25(33)24(21)35-13-8-18-6-7-22(31)23(32)14-18/h3-7,14-17,31-32H,8-13H2,1-2H3. The van der Waals surface area contributed by atoms with Gasteiger partial charge >= 0.3 is 5.56 Å². The van der Waals surface area contributed by atoms with Crippen LogP contribution in [0.3, 0.4) is 0 Å². The highest BCUT2D eigenvalue weighted by molar-refractivity contribution is 7.89. The third-order valence-corrected chi connectivity index (χ3v) is 7.80. The van der Waals surface area contributed by atoms with Crippen molar-refractivity contribution >= 4 is 28.7 Å². The van der Waals surface area contributed by atoms with E-state index in [0.29, 0.717) is 49.0 Å². The Bertz CT molecular complexity index is 1260. The van der Waals surface area contributed by atoms with Gasteiger partial charge in [-0.1, -0.05) is 23.7 Å². The first-order chi connectivity index (χ1) is 17.2. The van der Waals surface area contributed by atoms with E-state index in [-0.39, 0.29) is 29.1 Å². The van der Waals surface area contributed by atoms with Crippen molar-refractivity contribution in [1.82, 2.24) is 14.1 Å². The van der Waals surface area contributed by atoms with E-state index < -0.39 is 16.9 Å². The van der Waals surface area contributed by atoms with E-state index in [1.54, 1.807) is 36.5 Å². The molecular formula is C25H29ClN4O5S. The predicted octanol–water partition coefficient (Wildman–Crippen LogP) is 3.11. The molecule has 1 aliphatic heterocycles. The zero-order valence-corrected chi connectivity index (χ0v) is 21.7. The van der Waals surface area contributed by atoms with Crippen LogP contribution in [0.5, 0.6) is 17.2 Å². The largest absolute Gasteiger partial charge is 0.598 e. The maximum absolute atomic E-state index is 13.5. The van der Waals surface area contributed by atoms with Crippen molar-refractivity contribution < 1.29 is 19.5 Å².